The number of hydrogen-bond acceptors (Lipinski definition) is 4. The molecule has 0 bridgehead atoms. The lowest BCUT2D eigenvalue weighted by atomic mass is 10.1. The van der Waals surface area contributed by atoms with Crippen LogP contribution in [-0.4, -0.2) is 28.6 Å². The molecule has 0 amide bonds. The van der Waals surface area contributed by atoms with Crippen molar-refractivity contribution < 1.29 is 14.2 Å². The Labute approximate surface area is 200 Å². The minimum Gasteiger partial charge on any atom is -0.489 e. The molecule has 1 aromatic heterocycles. The fourth-order valence-electron chi connectivity index (χ4n) is 3.53. The summed E-state index contributed by atoms with van der Waals surface area (Å²) in [6, 6.07) is 13.4. The zero-order valence-electron chi connectivity index (χ0n) is 16.8. The average molecular weight is 526 g/mol. The van der Waals surface area contributed by atoms with Crippen LogP contribution in [0.2, 0.25) is 10.0 Å². The predicted octanol–water partition coefficient (Wildman–Crippen LogP) is 6.68. The van der Waals surface area contributed by atoms with Crippen LogP contribution in [0, 0.1) is 0 Å². The maximum Gasteiger partial charge on any atom is 0.159 e. The third-order valence-electron chi connectivity index (χ3n) is 5.12. The molecule has 0 saturated carbocycles. The van der Waals surface area contributed by atoms with E-state index in [1.807, 2.05) is 22.9 Å². The van der Waals surface area contributed by atoms with Gasteiger partial charge in [-0.15, -0.1) is 0 Å². The van der Waals surface area contributed by atoms with Crippen LogP contribution in [0.4, 0.5) is 0 Å². The number of hydrogen-bond donors (Lipinski definition) is 0. The van der Waals surface area contributed by atoms with Crippen molar-refractivity contribution in [2.45, 2.75) is 44.3 Å². The maximum atomic E-state index is 6.43. The number of ether oxygens (including phenoxy) is 3. The van der Waals surface area contributed by atoms with E-state index in [0.717, 1.165) is 29.3 Å². The molecule has 1 aliphatic heterocycles. The van der Waals surface area contributed by atoms with Gasteiger partial charge in [0, 0.05) is 21.9 Å². The number of imidazole rings is 1. The molecular weight excluding hydrogens is 503 g/mol. The van der Waals surface area contributed by atoms with Crippen LogP contribution in [0.3, 0.4) is 0 Å². The summed E-state index contributed by atoms with van der Waals surface area (Å²) in [5, 5.41) is 1.07. The first-order chi connectivity index (χ1) is 15.1. The van der Waals surface area contributed by atoms with Crippen molar-refractivity contribution in [3.63, 3.8) is 0 Å². The molecule has 3 aromatic rings. The van der Waals surface area contributed by atoms with E-state index in [-0.39, 0.29) is 18.5 Å². The molecule has 5 nitrogen and oxygen atoms in total. The van der Waals surface area contributed by atoms with Crippen molar-refractivity contribution in [1.29, 1.82) is 0 Å². The van der Waals surface area contributed by atoms with Crippen LogP contribution in [0.25, 0.3) is 0 Å². The Morgan fingerprint density at radius 3 is 2.74 bits per heavy atom. The Hall–Kier alpha value is -1.57. The zero-order chi connectivity index (χ0) is 21.6. The molecule has 31 heavy (non-hydrogen) atoms. The lowest BCUT2D eigenvalue weighted by molar-refractivity contribution is -0.223. The van der Waals surface area contributed by atoms with Gasteiger partial charge in [0.15, 0.2) is 6.29 Å². The van der Waals surface area contributed by atoms with Gasteiger partial charge in [-0.25, -0.2) is 4.98 Å². The second-order valence-electron chi connectivity index (χ2n) is 7.44. The number of rotatable bonds is 8. The predicted molar refractivity (Wildman–Crippen MR) is 125 cm³/mol. The fourth-order valence-corrected chi connectivity index (χ4v) is 4.26. The summed E-state index contributed by atoms with van der Waals surface area (Å²) in [4.78, 5) is 4.14. The molecule has 1 aliphatic rings. The lowest BCUT2D eigenvalue weighted by Crippen LogP contribution is -2.35. The third kappa shape index (κ3) is 6.46. The standard InChI is InChI=1S/C23H23BrCl2N2O3/c24-17-6-4-16(5-7-17)22(13-28-11-10-27-15-28)31-23-3-1-2-19(30-23)14-29-21-9-8-18(25)12-20(21)26/h4-12,15,19,22-23H,1-3,13-14H2. The van der Waals surface area contributed by atoms with Gasteiger partial charge in [0.1, 0.15) is 18.5 Å². The molecule has 0 aliphatic carbocycles. The smallest absolute Gasteiger partial charge is 0.159 e. The van der Waals surface area contributed by atoms with Gasteiger partial charge in [-0.05, 0) is 55.2 Å². The van der Waals surface area contributed by atoms with Gasteiger partial charge in [-0.2, -0.15) is 0 Å². The Bertz CT molecular complexity index is 969. The number of aromatic nitrogens is 2. The summed E-state index contributed by atoms with van der Waals surface area (Å²) in [6.45, 7) is 1.06. The van der Waals surface area contributed by atoms with Gasteiger partial charge in [-0.1, -0.05) is 51.3 Å². The first-order valence-electron chi connectivity index (χ1n) is 10.2. The highest BCUT2D eigenvalue weighted by atomic mass is 79.9. The number of halogens is 3. The molecule has 164 valence electrons. The van der Waals surface area contributed by atoms with Gasteiger partial charge in [0.05, 0.1) is 24.0 Å². The van der Waals surface area contributed by atoms with E-state index in [4.69, 9.17) is 37.4 Å². The highest BCUT2D eigenvalue weighted by Crippen LogP contribution is 2.31. The van der Waals surface area contributed by atoms with Crippen molar-refractivity contribution in [3.05, 3.63) is 81.3 Å². The summed E-state index contributed by atoms with van der Waals surface area (Å²) in [5.74, 6) is 0.602. The molecule has 1 fully saturated rings. The van der Waals surface area contributed by atoms with E-state index < -0.39 is 0 Å². The first-order valence-corrected chi connectivity index (χ1v) is 11.7. The Balaban J connectivity index is 1.38. The van der Waals surface area contributed by atoms with E-state index in [1.165, 1.54) is 0 Å². The molecule has 0 N–H and O–H groups in total. The largest absolute Gasteiger partial charge is 0.489 e. The Kier molecular flexibility index (Phi) is 7.91. The van der Waals surface area contributed by atoms with E-state index in [2.05, 4.69) is 33.0 Å². The van der Waals surface area contributed by atoms with Gasteiger partial charge in [0.25, 0.3) is 0 Å². The topological polar surface area (TPSA) is 45.5 Å². The molecule has 0 spiro atoms. The molecular formula is C23H23BrCl2N2O3. The normalized spacial score (nSPS) is 19.8. The van der Waals surface area contributed by atoms with E-state index in [9.17, 15) is 0 Å². The number of nitrogens with zero attached hydrogens (tertiary/aromatic N) is 2. The summed E-state index contributed by atoms with van der Waals surface area (Å²) in [6.07, 6.45) is 7.73. The molecule has 1 saturated heterocycles. The molecule has 0 radical (unpaired) electrons. The SMILES string of the molecule is Clc1ccc(OCC2CCCC(OC(Cn3ccnc3)c3ccc(Br)cc3)O2)c(Cl)c1. The quantitative estimate of drug-likeness (QED) is 0.329. The fraction of sp³-hybridized carbons (Fsp3) is 0.348. The highest BCUT2D eigenvalue weighted by molar-refractivity contribution is 9.10. The first kappa shape index (κ1) is 22.6. The molecule has 2 aromatic carbocycles. The average Bonchev–Trinajstić information content (AvgIpc) is 3.27. The molecule has 3 atom stereocenters. The zero-order valence-corrected chi connectivity index (χ0v) is 19.9. The molecule has 4 rings (SSSR count). The van der Waals surface area contributed by atoms with Crippen LogP contribution in [0.5, 0.6) is 5.75 Å². The van der Waals surface area contributed by atoms with Crippen LogP contribution < -0.4 is 4.74 Å². The minimum atomic E-state index is -0.305. The third-order valence-corrected chi connectivity index (χ3v) is 6.18. The number of benzene rings is 2. The van der Waals surface area contributed by atoms with Crippen molar-refractivity contribution >= 4 is 39.1 Å². The lowest BCUT2D eigenvalue weighted by Gasteiger charge is -2.33. The monoisotopic (exact) mass is 524 g/mol. The van der Waals surface area contributed by atoms with Crippen molar-refractivity contribution in [3.8, 4) is 5.75 Å². The van der Waals surface area contributed by atoms with Crippen molar-refractivity contribution in [2.24, 2.45) is 0 Å². The van der Waals surface area contributed by atoms with Crippen LogP contribution in [0.1, 0.15) is 30.9 Å². The molecule has 2 heterocycles. The van der Waals surface area contributed by atoms with Crippen molar-refractivity contribution in [1.82, 2.24) is 9.55 Å². The van der Waals surface area contributed by atoms with Crippen LogP contribution >= 0.6 is 39.1 Å². The highest BCUT2D eigenvalue weighted by Gasteiger charge is 2.27. The Morgan fingerprint density at radius 1 is 1.16 bits per heavy atom. The molecule has 8 heteroatoms. The summed E-state index contributed by atoms with van der Waals surface area (Å²) in [5.41, 5.74) is 1.09. The van der Waals surface area contributed by atoms with Gasteiger partial charge < -0.3 is 18.8 Å². The van der Waals surface area contributed by atoms with E-state index in [0.29, 0.717) is 28.9 Å². The summed E-state index contributed by atoms with van der Waals surface area (Å²) < 4.78 is 21.6. The van der Waals surface area contributed by atoms with Gasteiger partial charge in [0.2, 0.25) is 0 Å². The van der Waals surface area contributed by atoms with Crippen LogP contribution in [0.15, 0.2) is 65.7 Å². The second-order valence-corrected chi connectivity index (χ2v) is 9.20. The van der Waals surface area contributed by atoms with Crippen molar-refractivity contribution in [2.75, 3.05) is 6.61 Å². The van der Waals surface area contributed by atoms with E-state index in [1.54, 1.807) is 30.7 Å². The minimum absolute atomic E-state index is 0.0655. The summed E-state index contributed by atoms with van der Waals surface area (Å²) >= 11 is 15.7. The van der Waals surface area contributed by atoms with Gasteiger partial charge in [-0.3, -0.25) is 0 Å². The van der Waals surface area contributed by atoms with E-state index >= 15 is 0 Å². The van der Waals surface area contributed by atoms with Crippen LogP contribution in [-0.2, 0) is 16.0 Å². The summed E-state index contributed by atoms with van der Waals surface area (Å²) in [7, 11) is 0. The van der Waals surface area contributed by atoms with Gasteiger partial charge >= 0.3 is 0 Å². The Morgan fingerprint density at radius 2 is 2.00 bits per heavy atom. The second kappa shape index (κ2) is 10.8. The molecule has 3 unspecified atom stereocenters. The maximum absolute atomic E-state index is 6.43.